The average molecular weight is 433 g/mol. The number of aromatic nitrogens is 2. The van der Waals surface area contributed by atoms with Gasteiger partial charge in [0, 0.05) is 32.6 Å². The summed E-state index contributed by atoms with van der Waals surface area (Å²) in [5.41, 5.74) is 2.48. The lowest BCUT2D eigenvalue weighted by Crippen LogP contribution is -2.38. The number of hydrogen-bond acceptors (Lipinski definition) is 6. The Morgan fingerprint density at radius 3 is 2.70 bits per heavy atom. The molecule has 0 bridgehead atoms. The van der Waals surface area contributed by atoms with Gasteiger partial charge in [-0.3, -0.25) is 9.69 Å². The van der Waals surface area contributed by atoms with Crippen LogP contribution in [0.5, 0.6) is 5.75 Å². The molecular weight excluding hydrogens is 404 g/mol. The summed E-state index contributed by atoms with van der Waals surface area (Å²) >= 11 is 0. The molecule has 1 aromatic carbocycles. The highest BCUT2D eigenvalue weighted by Crippen LogP contribution is 2.32. The van der Waals surface area contributed by atoms with Crippen LogP contribution in [-0.4, -0.2) is 53.5 Å². The monoisotopic (exact) mass is 432 g/mol. The first-order valence-electron chi connectivity index (χ1n) is 10.4. The fraction of sp³-hybridized carbons (Fsp3) is 0.524. The average Bonchev–Trinajstić information content (AvgIpc) is 3.26. The van der Waals surface area contributed by atoms with E-state index >= 15 is 0 Å². The molecule has 30 heavy (non-hydrogen) atoms. The van der Waals surface area contributed by atoms with Gasteiger partial charge in [0.1, 0.15) is 11.6 Å². The predicted molar refractivity (Wildman–Crippen MR) is 114 cm³/mol. The van der Waals surface area contributed by atoms with Gasteiger partial charge in [-0.25, -0.2) is 13.4 Å². The Balaban J connectivity index is 1.53. The van der Waals surface area contributed by atoms with E-state index < -0.39 is 10.0 Å². The van der Waals surface area contributed by atoms with Crippen LogP contribution in [0.15, 0.2) is 29.1 Å². The Bertz CT molecular complexity index is 1070. The minimum absolute atomic E-state index is 0.0546. The quantitative estimate of drug-likeness (QED) is 0.748. The lowest BCUT2D eigenvalue weighted by molar-refractivity contribution is 0.240. The smallest absolute Gasteiger partial charge is 0.255 e. The van der Waals surface area contributed by atoms with Crippen molar-refractivity contribution in [3.8, 4) is 5.75 Å². The molecule has 1 unspecified atom stereocenters. The van der Waals surface area contributed by atoms with Crippen molar-refractivity contribution in [2.45, 2.75) is 45.3 Å². The Hall–Kier alpha value is -2.23. The molecule has 2 aliphatic rings. The van der Waals surface area contributed by atoms with Crippen LogP contribution in [0.25, 0.3) is 0 Å². The number of fused-ring (bicyclic) bond motifs is 1. The molecule has 0 spiro atoms. The summed E-state index contributed by atoms with van der Waals surface area (Å²) in [5, 5.41) is 0. The van der Waals surface area contributed by atoms with Gasteiger partial charge < -0.3 is 9.72 Å². The van der Waals surface area contributed by atoms with Gasteiger partial charge in [-0.1, -0.05) is 12.1 Å². The lowest BCUT2D eigenvalue weighted by atomic mass is 10.1. The molecule has 2 aromatic rings. The topological polar surface area (TPSA) is 95.6 Å². The number of nitrogens with zero attached hydrogens (tertiary/aromatic N) is 3. The summed E-state index contributed by atoms with van der Waals surface area (Å²) in [6.45, 7) is 4.21. The van der Waals surface area contributed by atoms with Crippen molar-refractivity contribution in [3.63, 3.8) is 0 Å². The van der Waals surface area contributed by atoms with Crippen molar-refractivity contribution < 1.29 is 13.2 Å². The molecule has 0 amide bonds. The SMILES string of the molecule is CCS(=O)(=O)N1CCCC1c1nc2c(c(=O)[nH]1)CN(Cc1ccc(OC)cc1)CC2. The minimum atomic E-state index is -3.32. The van der Waals surface area contributed by atoms with Crippen molar-refractivity contribution in [2.75, 3.05) is 26.0 Å². The van der Waals surface area contributed by atoms with Crippen LogP contribution < -0.4 is 10.3 Å². The van der Waals surface area contributed by atoms with E-state index in [0.29, 0.717) is 37.3 Å². The number of rotatable bonds is 6. The fourth-order valence-electron chi connectivity index (χ4n) is 4.29. The molecule has 9 heteroatoms. The predicted octanol–water partition coefficient (Wildman–Crippen LogP) is 1.82. The zero-order valence-corrected chi connectivity index (χ0v) is 18.2. The molecule has 1 N–H and O–H groups in total. The van der Waals surface area contributed by atoms with Crippen LogP contribution in [0.3, 0.4) is 0 Å². The van der Waals surface area contributed by atoms with Crippen LogP contribution in [0.1, 0.15) is 48.5 Å². The van der Waals surface area contributed by atoms with Gasteiger partial charge in [0.25, 0.3) is 5.56 Å². The molecule has 1 atom stereocenters. The van der Waals surface area contributed by atoms with Crippen LogP contribution in [-0.2, 0) is 29.5 Å². The first-order chi connectivity index (χ1) is 14.4. The zero-order chi connectivity index (χ0) is 21.3. The Morgan fingerprint density at radius 1 is 1.23 bits per heavy atom. The number of ether oxygens (including phenoxy) is 1. The summed E-state index contributed by atoms with van der Waals surface area (Å²) in [7, 11) is -1.68. The molecule has 3 heterocycles. The summed E-state index contributed by atoms with van der Waals surface area (Å²) in [4.78, 5) is 22.7. The third-order valence-corrected chi connectivity index (χ3v) is 7.85. The second-order valence-electron chi connectivity index (χ2n) is 7.85. The van der Waals surface area contributed by atoms with E-state index in [1.165, 1.54) is 4.31 Å². The van der Waals surface area contributed by atoms with Gasteiger partial charge in [0.05, 0.1) is 30.2 Å². The molecule has 162 valence electrons. The summed E-state index contributed by atoms with van der Waals surface area (Å²) in [5.74, 6) is 1.36. The molecule has 0 aliphatic carbocycles. The maximum atomic E-state index is 12.8. The molecule has 0 radical (unpaired) electrons. The molecule has 4 rings (SSSR count). The van der Waals surface area contributed by atoms with E-state index in [4.69, 9.17) is 9.72 Å². The van der Waals surface area contributed by atoms with Crippen molar-refractivity contribution >= 4 is 10.0 Å². The van der Waals surface area contributed by atoms with Gasteiger partial charge >= 0.3 is 0 Å². The van der Waals surface area contributed by atoms with E-state index in [1.54, 1.807) is 14.0 Å². The third-order valence-electron chi connectivity index (χ3n) is 5.97. The van der Waals surface area contributed by atoms with Crippen molar-refractivity contribution in [2.24, 2.45) is 0 Å². The second-order valence-corrected chi connectivity index (χ2v) is 10.1. The summed E-state index contributed by atoms with van der Waals surface area (Å²) in [6.07, 6.45) is 2.14. The van der Waals surface area contributed by atoms with Crippen LogP contribution in [0, 0.1) is 0 Å². The first-order valence-corrected chi connectivity index (χ1v) is 12.0. The second kappa shape index (κ2) is 8.49. The number of benzene rings is 1. The molecule has 8 nitrogen and oxygen atoms in total. The highest BCUT2D eigenvalue weighted by atomic mass is 32.2. The number of nitrogens with one attached hydrogen (secondary N) is 1. The number of methoxy groups -OCH3 is 1. The number of aromatic amines is 1. The fourth-order valence-corrected chi connectivity index (χ4v) is 5.63. The molecule has 2 aliphatic heterocycles. The number of sulfonamides is 1. The highest BCUT2D eigenvalue weighted by Gasteiger charge is 2.36. The first kappa shape index (κ1) is 21.0. The van der Waals surface area contributed by atoms with Crippen LogP contribution >= 0.6 is 0 Å². The van der Waals surface area contributed by atoms with Crippen molar-refractivity contribution in [3.05, 3.63) is 57.3 Å². The van der Waals surface area contributed by atoms with Crippen LogP contribution in [0.2, 0.25) is 0 Å². The molecular formula is C21H28N4O4S. The zero-order valence-electron chi connectivity index (χ0n) is 17.4. The molecule has 1 aromatic heterocycles. The number of hydrogen-bond donors (Lipinski definition) is 1. The van der Waals surface area contributed by atoms with E-state index in [1.807, 2.05) is 24.3 Å². The maximum absolute atomic E-state index is 12.8. The Kier molecular flexibility index (Phi) is 5.95. The summed E-state index contributed by atoms with van der Waals surface area (Å²) in [6, 6.07) is 7.56. The molecule has 1 fully saturated rings. The normalized spacial score (nSPS) is 20.3. The van der Waals surface area contributed by atoms with Crippen molar-refractivity contribution in [1.29, 1.82) is 0 Å². The third kappa shape index (κ3) is 4.14. The van der Waals surface area contributed by atoms with Gasteiger partial charge in [0.2, 0.25) is 10.0 Å². The van der Waals surface area contributed by atoms with Gasteiger partial charge in [-0.2, -0.15) is 4.31 Å². The van der Waals surface area contributed by atoms with E-state index in [-0.39, 0.29) is 17.4 Å². The van der Waals surface area contributed by atoms with Gasteiger partial charge in [0.15, 0.2) is 0 Å². The Morgan fingerprint density at radius 2 is 2.00 bits per heavy atom. The van der Waals surface area contributed by atoms with Gasteiger partial charge in [-0.05, 0) is 37.5 Å². The highest BCUT2D eigenvalue weighted by molar-refractivity contribution is 7.89. The minimum Gasteiger partial charge on any atom is -0.497 e. The maximum Gasteiger partial charge on any atom is 0.255 e. The van der Waals surface area contributed by atoms with E-state index in [0.717, 1.165) is 36.5 Å². The van der Waals surface area contributed by atoms with Crippen molar-refractivity contribution in [1.82, 2.24) is 19.2 Å². The number of H-pyrrole nitrogens is 1. The lowest BCUT2D eigenvalue weighted by Gasteiger charge is -2.29. The van der Waals surface area contributed by atoms with E-state index in [2.05, 4.69) is 9.88 Å². The van der Waals surface area contributed by atoms with Crippen LogP contribution in [0.4, 0.5) is 0 Å². The molecule has 0 saturated carbocycles. The Labute approximate surface area is 176 Å². The largest absolute Gasteiger partial charge is 0.497 e. The molecule has 1 saturated heterocycles. The van der Waals surface area contributed by atoms with E-state index in [9.17, 15) is 13.2 Å². The standard InChI is InChI=1S/C21H28N4O4S/c1-3-30(27,28)25-11-4-5-19(25)20-22-18-10-12-24(14-17(18)21(26)23-20)13-15-6-8-16(29-2)9-7-15/h6-9,19H,3-5,10-14H2,1-2H3,(H,22,23,26). The summed E-state index contributed by atoms with van der Waals surface area (Å²) < 4.78 is 31.5. The van der Waals surface area contributed by atoms with Gasteiger partial charge in [-0.15, -0.1) is 0 Å².